The van der Waals surface area contributed by atoms with E-state index in [0.29, 0.717) is 0 Å². The van der Waals surface area contributed by atoms with Gasteiger partial charge >= 0.3 is 0 Å². The highest BCUT2D eigenvalue weighted by molar-refractivity contribution is 8.04. The first-order valence-corrected chi connectivity index (χ1v) is 7.56. The molecule has 1 aromatic rings. The van der Waals surface area contributed by atoms with E-state index in [1.807, 2.05) is 11.8 Å². The van der Waals surface area contributed by atoms with Crippen molar-refractivity contribution in [3.63, 3.8) is 0 Å². The van der Waals surface area contributed by atoms with Crippen molar-refractivity contribution >= 4 is 17.5 Å². The second-order valence-electron chi connectivity index (χ2n) is 4.79. The molecule has 0 amide bonds. The summed E-state index contributed by atoms with van der Waals surface area (Å²) in [6.45, 7) is 1.69. The van der Waals surface area contributed by atoms with Gasteiger partial charge in [-0.3, -0.25) is 4.99 Å². The van der Waals surface area contributed by atoms with Crippen molar-refractivity contribution in [3.05, 3.63) is 45.9 Å². The molecular formula is C15H18N2S. The van der Waals surface area contributed by atoms with Crippen LogP contribution in [-0.4, -0.2) is 24.6 Å². The number of thioether (sulfide) groups is 1. The number of nitrogens with zero attached hydrogens (tertiary/aromatic N) is 1. The van der Waals surface area contributed by atoms with Crippen LogP contribution in [0.25, 0.3) is 0 Å². The monoisotopic (exact) mass is 258 g/mol. The average Bonchev–Trinajstić information content (AvgIpc) is 2.99. The lowest BCUT2D eigenvalue weighted by molar-refractivity contribution is 0.832. The summed E-state index contributed by atoms with van der Waals surface area (Å²) in [6.07, 6.45) is 3.36. The maximum Gasteiger partial charge on any atom is 0.0786 e. The first-order chi connectivity index (χ1) is 8.88. The van der Waals surface area contributed by atoms with Crippen LogP contribution in [-0.2, 0) is 6.42 Å². The first-order valence-electron chi connectivity index (χ1n) is 6.57. The van der Waals surface area contributed by atoms with Crippen LogP contribution in [0.2, 0.25) is 0 Å². The van der Waals surface area contributed by atoms with Gasteiger partial charge in [-0.1, -0.05) is 24.3 Å². The Morgan fingerprint density at radius 1 is 1.22 bits per heavy atom. The summed E-state index contributed by atoms with van der Waals surface area (Å²) < 4.78 is 0. The molecule has 3 rings (SSSR count). The maximum atomic E-state index is 5.54. The van der Waals surface area contributed by atoms with Gasteiger partial charge in [-0.15, -0.1) is 11.8 Å². The van der Waals surface area contributed by atoms with E-state index in [2.05, 4.69) is 29.3 Å². The van der Waals surface area contributed by atoms with Crippen LogP contribution in [0.5, 0.6) is 0 Å². The topological polar surface area (TPSA) is 38.4 Å². The van der Waals surface area contributed by atoms with Crippen LogP contribution >= 0.6 is 11.8 Å². The van der Waals surface area contributed by atoms with Gasteiger partial charge in [0.15, 0.2) is 0 Å². The Bertz CT molecular complexity index is 500. The molecule has 2 N–H and O–H groups in total. The van der Waals surface area contributed by atoms with E-state index in [9.17, 15) is 0 Å². The normalized spacial score (nSPS) is 18.2. The summed E-state index contributed by atoms with van der Waals surface area (Å²) in [5.74, 6) is 1.23. The van der Waals surface area contributed by atoms with Gasteiger partial charge in [0.1, 0.15) is 0 Å². The van der Waals surface area contributed by atoms with E-state index < -0.39 is 0 Å². The molecule has 2 nitrogen and oxygen atoms in total. The molecule has 0 aromatic heterocycles. The molecule has 0 saturated carbocycles. The lowest BCUT2D eigenvalue weighted by Gasteiger charge is -2.06. The summed E-state index contributed by atoms with van der Waals surface area (Å²) in [7, 11) is 0. The van der Waals surface area contributed by atoms with Crippen molar-refractivity contribution in [3.8, 4) is 0 Å². The molecule has 94 valence electrons. The number of aliphatic imine (C=N–C) groups is 1. The van der Waals surface area contributed by atoms with E-state index in [1.54, 1.807) is 5.57 Å². The Morgan fingerprint density at radius 2 is 2.06 bits per heavy atom. The molecule has 0 aliphatic carbocycles. The molecule has 2 aliphatic heterocycles. The molecule has 3 heteroatoms. The van der Waals surface area contributed by atoms with Gasteiger partial charge < -0.3 is 5.73 Å². The summed E-state index contributed by atoms with van der Waals surface area (Å²) in [6, 6.07) is 8.84. The van der Waals surface area contributed by atoms with Crippen LogP contribution in [0.15, 0.2) is 39.7 Å². The molecule has 2 aliphatic rings. The van der Waals surface area contributed by atoms with Crippen molar-refractivity contribution in [2.45, 2.75) is 19.3 Å². The molecule has 18 heavy (non-hydrogen) atoms. The van der Waals surface area contributed by atoms with E-state index in [0.717, 1.165) is 25.9 Å². The number of rotatable bonds is 4. The molecule has 0 unspecified atom stereocenters. The Hall–Kier alpha value is -1.06. The predicted molar refractivity (Wildman–Crippen MR) is 79.3 cm³/mol. The number of aryl methyl sites for hydroxylation is 1. The van der Waals surface area contributed by atoms with Crippen molar-refractivity contribution in [2.75, 3.05) is 18.8 Å². The first kappa shape index (κ1) is 12.0. The third-order valence-electron chi connectivity index (χ3n) is 3.51. The van der Waals surface area contributed by atoms with Crippen molar-refractivity contribution in [2.24, 2.45) is 10.7 Å². The molecule has 0 atom stereocenters. The molecule has 2 heterocycles. The molecule has 1 aromatic carbocycles. The van der Waals surface area contributed by atoms with Gasteiger partial charge in [-0.05, 0) is 36.9 Å². The van der Waals surface area contributed by atoms with Gasteiger partial charge in [0.05, 0.1) is 12.3 Å². The van der Waals surface area contributed by atoms with Crippen molar-refractivity contribution in [1.29, 1.82) is 0 Å². The predicted octanol–water partition coefficient (Wildman–Crippen LogP) is 2.77. The van der Waals surface area contributed by atoms with E-state index >= 15 is 0 Å². The maximum absolute atomic E-state index is 5.54. The summed E-state index contributed by atoms with van der Waals surface area (Å²) >= 11 is 1.97. The number of allylic oxidation sites excluding steroid dienone is 1. The Labute approximate surface area is 112 Å². The van der Waals surface area contributed by atoms with Crippen molar-refractivity contribution < 1.29 is 0 Å². The second kappa shape index (κ2) is 5.29. The van der Waals surface area contributed by atoms with E-state index in [-0.39, 0.29) is 0 Å². The lowest BCUT2D eigenvalue weighted by atomic mass is 10.0. The minimum absolute atomic E-state index is 0.765. The minimum Gasteiger partial charge on any atom is -0.330 e. The zero-order valence-electron chi connectivity index (χ0n) is 10.5. The number of hydrogen-bond acceptors (Lipinski definition) is 3. The average molecular weight is 258 g/mol. The summed E-state index contributed by atoms with van der Waals surface area (Å²) in [5.41, 5.74) is 10.9. The fourth-order valence-electron chi connectivity index (χ4n) is 2.48. The van der Waals surface area contributed by atoms with Crippen LogP contribution in [0.1, 0.15) is 24.0 Å². The fraction of sp³-hybridized carbons (Fsp3) is 0.400. The van der Waals surface area contributed by atoms with Gasteiger partial charge in [0, 0.05) is 16.2 Å². The smallest absolute Gasteiger partial charge is 0.0786 e. The lowest BCUT2D eigenvalue weighted by Crippen LogP contribution is -2.02. The highest BCUT2D eigenvalue weighted by Gasteiger charge is 2.25. The second-order valence-corrected chi connectivity index (χ2v) is 5.89. The number of benzene rings is 1. The zero-order chi connectivity index (χ0) is 12.4. The van der Waals surface area contributed by atoms with Gasteiger partial charge in [0.25, 0.3) is 0 Å². The van der Waals surface area contributed by atoms with Crippen molar-refractivity contribution in [1.82, 2.24) is 0 Å². The number of hydrogen-bond donors (Lipinski definition) is 1. The van der Waals surface area contributed by atoms with Gasteiger partial charge in [0.2, 0.25) is 0 Å². The highest BCUT2D eigenvalue weighted by atomic mass is 32.2. The zero-order valence-corrected chi connectivity index (χ0v) is 11.3. The largest absolute Gasteiger partial charge is 0.330 e. The Morgan fingerprint density at radius 3 is 2.83 bits per heavy atom. The summed E-state index contributed by atoms with van der Waals surface area (Å²) in [4.78, 5) is 6.13. The standard InChI is InChI=1S/C15H18N2S/c16-8-1-2-11-3-5-12(6-4-11)14-15-13(10-17-14)7-9-18-15/h3-6H,1-2,7-10,16H2. The number of nitrogens with two attached hydrogens (primary N) is 1. The van der Waals surface area contributed by atoms with E-state index in [1.165, 1.54) is 33.9 Å². The van der Waals surface area contributed by atoms with E-state index in [4.69, 9.17) is 5.73 Å². The molecule has 0 radical (unpaired) electrons. The molecule has 0 fully saturated rings. The fourth-order valence-corrected chi connectivity index (χ4v) is 3.73. The molecule has 0 spiro atoms. The van der Waals surface area contributed by atoms with Crippen LogP contribution in [0, 0.1) is 0 Å². The van der Waals surface area contributed by atoms with Gasteiger partial charge in [-0.2, -0.15) is 0 Å². The Kier molecular flexibility index (Phi) is 3.52. The SMILES string of the molecule is NCCCc1ccc(C2=NCC3=C2SCC3)cc1. The third-order valence-corrected chi connectivity index (χ3v) is 4.69. The highest BCUT2D eigenvalue weighted by Crippen LogP contribution is 2.38. The minimum atomic E-state index is 0.765. The summed E-state index contributed by atoms with van der Waals surface area (Å²) in [5, 5.41) is 0. The molecule has 0 saturated heterocycles. The van der Waals surface area contributed by atoms with Crippen LogP contribution in [0.3, 0.4) is 0 Å². The molecular weight excluding hydrogens is 240 g/mol. The quantitative estimate of drug-likeness (QED) is 0.902. The van der Waals surface area contributed by atoms with Crippen LogP contribution in [0.4, 0.5) is 0 Å². The van der Waals surface area contributed by atoms with Gasteiger partial charge in [-0.25, -0.2) is 0 Å². The Balaban J connectivity index is 1.77. The molecule has 0 bridgehead atoms. The third kappa shape index (κ3) is 2.25. The van der Waals surface area contributed by atoms with Crippen LogP contribution < -0.4 is 5.73 Å².